The zero-order valence-corrected chi connectivity index (χ0v) is 12.5. The highest BCUT2D eigenvalue weighted by atomic mass is 16.5. The first kappa shape index (κ1) is 14.8. The Bertz CT molecular complexity index is 447. The van der Waals surface area contributed by atoms with Crippen LogP contribution in [0.5, 0.6) is 0 Å². The molecule has 2 saturated heterocycles. The molecule has 0 aromatic rings. The number of rotatable bonds is 5. The van der Waals surface area contributed by atoms with E-state index in [0.717, 1.165) is 12.8 Å². The largest absolute Gasteiger partial charge is 0.481 e. The van der Waals surface area contributed by atoms with Gasteiger partial charge in [-0.25, -0.2) is 0 Å². The fraction of sp³-hybridized carbons (Fsp3) is 0.867. The molecule has 0 radical (unpaired) electrons. The molecule has 6 heteroatoms. The monoisotopic (exact) mass is 297 g/mol. The molecule has 1 saturated carbocycles. The van der Waals surface area contributed by atoms with Crippen LogP contribution in [0.3, 0.4) is 0 Å². The van der Waals surface area contributed by atoms with Crippen LogP contribution in [0.2, 0.25) is 0 Å². The predicted molar refractivity (Wildman–Crippen MR) is 73.7 cm³/mol. The molecule has 118 valence electrons. The number of carbonyl (C=O) groups is 2. The van der Waals surface area contributed by atoms with Crippen LogP contribution in [0.4, 0.5) is 0 Å². The third kappa shape index (κ3) is 2.34. The zero-order chi connectivity index (χ0) is 15.1. The fourth-order valence-electron chi connectivity index (χ4n) is 3.66. The molecular formula is C15H23NO5. The number of carboxylic acid groups (broad SMARTS) is 1. The second-order valence-corrected chi connectivity index (χ2v) is 6.59. The zero-order valence-electron chi connectivity index (χ0n) is 12.5. The summed E-state index contributed by atoms with van der Waals surface area (Å²) in [4.78, 5) is 26.3. The quantitative estimate of drug-likeness (QED) is 0.810. The van der Waals surface area contributed by atoms with Crippen molar-refractivity contribution in [2.24, 2.45) is 16.7 Å². The van der Waals surface area contributed by atoms with Crippen molar-refractivity contribution in [1.29, 1.82) is 0 Å². The Kier molecular flexibility index (Phi) is 3.69. The summed E-state index contributed by atoms with van der Waals surface area (Å²) in [5.74, 6) is -0.803. The Morgan fingerprint density at radius 3 is 2.71 bits per heavy atom. The fourth-order valence-corrected chi connectivity index (χ4v) is 3.66. The van der Waals surface area contributed by atoms with E-state index in [9.17, 15) is 14.7 Å². The van der Waals surface area contributed by atoms with Crippen LogP contribution in [0.1, 0.15) is 26.2 Å². The summed E-state index contributed by atoms with van der Waals surface area (Å²) < 4.78 is 10.9. The molecule has 3 fully saturated rings. The number of fused-ring (bicyclic) bond motifs is 1. The molecule has 3 rings (SSSR count). The van der Waals surface area contributed by atoms with Gasteiger partial charge in [0.2, 0.25) is 5.91 Å². The van der Waals surface area contributed by atoms with Crippen molar-refractivity contribution >= 4 is 11.9 Å². The van der Waals surface area contributed by atoms with E-state index in [2.05, 4.69) is 0 Å². The first-order valence-corrected chi connectivity index (χ1v) is 7.72. The topological polar surface area (TPSA) is 76.1 Å². The van der Waals surface area contributed by atoms with Gasteiger partial charge in [0.25, 0.3) is 0 Å². The van der Waals surface area contributed by atoms with E-state index in [-0.39, 0.29) is 17.2 Å². The molecule has 1 N–H and O–H groups in total. The highest BCUT2D eigenvalue weighted by molar-refractivity contribution is 5.87. The lowest BCUT2D eigenvalue weighted by Gasteiger charge is -2.34. The molecule has 2 atom stereocenters. The normalized spacial score (nSPS) is 33.6. The summed E-state index contributed by atoms with van der Waals surface area (Å²) in [6.07, 6.45) is 2.20. The highest BCUT2D eigenvalue weighted by Gasteiger charge is 2.59. The highest BCUT2D eigenvalue weighted by Crippen LogP contribution is 2.50. The number of carbonyl (C=O) groups excluding carboxylic acids is 1. The first-order chi connectivity index (χ1) is 10.0. The molecule has 0 bridgehead atoms. The van der Waals surface area contributed by atoms with Gasteiger partial charge in [-0.05, 0) is 26.2 Å². The minimum absolute atomic E-state index is 0.0750. The SMILES string of the molecule is CCOCC1(C(=O)N2C[C@H]3COCC[C@@]3(C(=O)O)C2)CC1. The number of likely N-dealkylation sites (tertiary alicyclic amines) is 1. The maximum atomic E-state index is 12.8. The molecule has 1 amide bonds. The van der Waals surface area contributed by atoms with Gasteiger partial charge in [0.1, 0.15) is 0 Å². The lowest BCUT2D eigenvalue weighted by Crippen LogP contribution is -2.45. The van der Waals surface area contributed by atoms with Gasteiger partial charge in [0.05, 0.1) is 24.0 Å². The summed E-state index contributed by atoms with van der Waals surface area (Å²) in [7, 11) is 0. The number of nitrogens with zero attached hydrogens (tertiary/aromatic N) is 1. The molecule has 0 unspecified atom stereocenters. The van der Waals surface area contributed by atoms with Crippen LogP contribution < -0.4 is 0 Å². The summed E-state index contributed by atoms with van der Waals surface area (Å²) in [6, 6.07) is 0. The van der Waals surface area contributed by atoms with E-state index in [1.54, 1.807) is 4.90 Å². The average molecular weight is 297 g/mol. The molecule has 0 aromatic carbocycles. The third-order valence-electron chi connectivity index (χ3n) is 5.31. The van der Waals surface area contributed by atoms with Crippen molar-refractivity contribution in [2.75, 3.05) is 39.5 Å². The molecule has 0 spiro atoms. The standard InChI is InChI=1S/C15H23NO5/c1-2-20-10-14(3-4-14)12(17)16-7-11-8-21-6-5-15(11,9-16)13(18)19/h11H,2-10H2,1H3,(H,18,19)/t11-,15+/m0/s1. The Labute approximate surface area is 124 Å². The molecule has 1 aliphatic carbocycles. The summed E-state index contributed by atoms with van der Waals surface area (Å²) in [5.41, 5.74) is -1.19. The van der Waals surface area contributed by atoms with Crippen molar-refractivity contribution in [3.63, 3.8) is 0 Å². The van der Waals surface area contributed by atoms with Crippen LogP contribution in [-0.2, 0) is 19.1 Å². The van der Waals surface area contributed by atoms with Gasteiger partial charge in [-0.2, -0.15) is 0 Å². The Hall–Kier alpha value is -1.14. The lowest BCUT2D eigenvalue weighted by molar-refractivity contribution is -0.157. The number of carboxylic acids is 1. The molecular weight excluding hydrogens is 274 g/mol. The van der Waals surface area contributed by atoms with Crippen LogP contribution >= 0.6 is 0 Å². The van der Waals surface area contributed by atoms with Gasteiger partial charge < -0.3 is 19.5 Å². The maximum absolute atomic E-state index is 12.8. The summed E-state index contributed by atoms with van der Waals surface area (Å²) in [6.45, 7) is 4.71. The lowest BCUT2D eigenvalue weighted by atomic mass is 9.74. The summed E-state index contributed by atoms with van der Waals surface area (Å²) in [5, 5.41) is 9.64. The number of hydrogen-bond donors (Lipinski definition) is 1. The van der Waals surface area contributed by atoms with Crippen LogP contribution in [0.15, 0.2) is 0 Å². The number of ether oxygens (including phenoxy) is 2. The van der Waals surface area contributed by atoms with Crippen molar-refractivity contribution < 1.29 is 24.2 Å². The van der Waals surface area contributed by atoms with Crippen molar-refractivity contribution in [3.05, 3.63) is 0 Å². The van der Waals surface area contributed by atoms with Crippen LogP contribution in [0.25, 0.3) is 0 Å². The van der Waals surface area contributed by atoms with Gasteiger partial charge in [-0.3, -0.25) is 9.59 Å². The van der Waals surface area contributed by atoms with E-state index in [1.165, 1.54) is 0 Å². The Balaban J connectivity index is 1.73. The Morgan fingerprint density at radius 1 is 1.38 bits per heavy atom. The maximum Gasteiger partial charge on any atom is 0.311 e. The van der Waals surface area contributed by atoms with Gasteiger partial charge in [0.15, 0.2) is 0 Å². The molecule has 6 nitrogen and oxygen atoms in total. The third-order valence-corrected chi connectivity index (χ3v) is 5.31. The first-order valence-electron chi connectivity index (χ1n) is 7.72. The van der Waals surface area contributed by atoms with E-state index in [4.69, 9.17) is 9.47 Å². The van der Waals surface area contributed by atoms with Crippen molar-refractivity contribution in [3.8, 4) is 0 Å². The Morgan fingerprint density at radius 2 is 2.14 bits per heavy atom. The van der Waals surface area contributed by atoms with Gasteiger partial charge >= 0.3 is 5.97 Å². The molecule has 2 aliphatic heterocycles. The van der Waals surface area contributed by atoms with Crippen LogP contribution in [-0.4, -0.2) is 61.4 Å². The van der Waals surface area contributed by atoms with Gasteiger partial charge in [0, 0.05) is 32.2 Å². The predicted octanol–water partition coefficient (Wildman–Crippen LogP) is 0.753. The van der Waals surface area contributed by atoms with E-state index in [0.29, 0.717) is 45.9 Å². The number of amides is 1. The van der Waals surface area contributed by atoms with Crippen molar-refractivity contribution in [1.82, 2.24) is 4.90 Å². The molecule has 0 aromatic heterocycles. The van der Waals surface area contributed by atoms with E-state index in [1.807, 2.05) is 6.92 Å². The summed E-state index contributed by atoms with van der Waals surface area (Å²) >= 11 is 0. The minimum Gasteiger partial charge on any atom is -0.481 e. The second-order valence-electron chi connectivity index (χ2n) is 6.59. The number of aliphatic carboxylic acids is 1. The molecule has 2 heterocycles. The molecule has 21 heavy (non-hydrogen) atoms. The number of hydrogen-bond acceptors (Lipinski definition) is 4. The smallest absolute Gasteiger partial charge is 0.311 e. The minimum atomic E-state index is -0.810. The van der Waals surface area contributed by atoms with E-state index >= 15 is 0 Å². The van der Waals surface area contributed by atoms with Gasteiger partial charge in [-0.15, -0.1) is 0 Å². The second kappa shape index (κ2) is 5.25. The average Bonchev–Trinajstić information content (AvgIpc) is 3.16. The molecule has 3 aliphatic rings. The van der Waals surface area contributed by atoms with Crippen molar-refractivity contribution in [2.45, 2.75) is 26.2 Å². The van der Waals surface area contributed by atoms with Crippen LogP contribution in [0, 0.1) is 16.7 Å². The van der Waals surface area contributed by atoms with E-state index < -0.39 is 11.4 Å². The van der Waals surface area contributed by atoms with Gasteiger partial charge in [-0.1, -0.05) is 0 Å².